The van der Waals surface area contributed by atoms with E-state index >= 15 is 0 Å². The van der Waals surface area contributed by atoms with Gasteiger partial charge in [-0.3, -0.25) is 14.5 Å². The van der Waals surface area contributed by atoms with Crippen LogP contribution in [0.3, 0.4) is 0 Å². The molecule has 0 aliphatic carbocycles. The van der Waals surface area contributed by atoms with Gasteiger partial charge in [-0.15, -0.1) is 0 Å². The minimum absolute atomic E-state index is 0.0690. The van der Waals surface area contributed by atoms with Crippen LogP contribution in [-0.4, -0.2) is 53.0 Å². The summed E-state index contributed by atoms with van der Waals surface area (Å²) in [6.07, 6.45) is 3.09. The van der Waals surface area contributed by atoms with Gasteiger partial charge in [-0.2, -0.15) is 0 Å². The van der Waals surface area contributed by atoms with Crippen molar-refractivity contribution in [1.29, 1.82) is 0 Å². The van der Waals surface area contributed by atoms with Crippen molar-refractivity contribution in [2.24, 2.45) is 0 Å². The van der Waals surface area contributed by atoms with Gasteiger partial charge in [0.1, 0.15) is 5.82 Å². The number of hydrogen-bond acceptors (Lipinski definition) is 7. The van der Waals surface area contributed by atoms with Crippen molar-refractivity contribution in [3.8, 4) is 0 Å². The minimum atomic E-state index is -0.473. The molecule has 0 spiro atoms. The van der Waals surface area contributed by atoms with Gasteiger partial charge in [0.2, 0.25) is 0 Å². The van der Waals surface area contributed by atoms with Crippen LogP contribution in [0.25, 0.3) is 10.9 Å². The highest BCUT2D eigenvalue weighted by atomic mass is 16.5. The first-order chi connectivity index (χ1) is 14.9. The van der Waals surface area contributed by atoms with Gasteiger partial charge in [0.15, 0.2) is 5.76 Å². The lowest BCUT2D eigenvalue weighted by Crippen LogP contribution is -2.44. The number of H-pyrrole nitrogens is 1. The molecular formula is C22H24N4O5. The number of furan rings is 1. The van der Waals surface area contributed by atoms with E-state index in [-0.39, 0.29) is 17.5 Å². The van der Waals surface area contributed by atoms with E-state index < -0.39 is 5.97 Å². The molecule has 9 nitrogen and oxygen atoms in total. The first-order valence-electron chi connectivity index (χ1n) is 10.1. The number of amides is 1. The van der Waals surface area contributed by atoms with Crippen molar-refractivity contribution in [2.75, 3.05) is 20.2 Å². The highest BCUT2D eigenvalue weighted by Crippen LogP contribution is 2.16. The predicted molar refractivity (Wildman–Crippen MR) is 113 cm³/mol. The summed E-state index contributed by atoms with van der Waals surface area (Å²) in [5.41, 5.74) is 1.38. The zero-order chi connectivity index (χ0) is 22.0. The zero-order valence-electron chi connectivity index (χ0n) is 17.4. The fourth-order valence-electron chi connectivity index (χ4n) is 3.81. The van der Waals surface area contributed by atoms with Gasteiger partial charge in [0.25, 0.3) is 11.5 Å². The van der Waals surface area contributed by atoms with E-state index in [1.54, 1.807) is 24.3 Å². The molecule has 1 fully saturated rings. The summed E-state index contributed by atoms with van der Waals surface area (Å²) >= 11 is 0. The summed E-state index contributed by atoms with van der Waals surface area (Å²) in [5.74, 6) is 0.224. The number of nitrogens with one attached hydrogen (secondary N) is 2. The molecule has 1 amide bonds. The Kier molecular flexibility index (Phi) is 5.85. The van der Waals surface area contributed by atoms with Gasteiger partial charge < -0.3 is 19.5 Å². The van der Waals surface area contributed by atoms with E-state index in [1.165, 1.54) is 13.4 Å². The van der Waals surface area contributed by atoms with Gasteiger partial charge in [0.05, 0.1) is 36.4 Å². The van der Waals surface area contributed by atoms with E-state index in [2.05, 4.69) is 20.2 Å². The molecular weight excluding hydrogens is 400 g/mol. The molecule has 3 heterocycles. The number of aryl methyl sites for hydroxylation is 1. The predicted octanol–water partition coefficient (Wildman–Crippen LogP) is 2.01. The molecule has 2 aromatic heterocycles. The molecule has 1 aromatic carbocycles. The number of ether oxygens (including phenoxy) is 1. The molecule has 9 heteroatoms. The first kappa shape index (κ1) is 20.8. The largest absolute Gasteiger partial charge is 0.465 e. The average Bonchev–Trinajstić information content (AvgIpc) is 3.20. The molecule has 0 bridgehead atoms. The van der Waals surface area contributed by atoms with E-state index in [4.69, 9.17) is 9.15 Å². The number of nitrogens with zero attached hydrogens (tertiary/aromatic N) is 2. The van der Waals surface area contributed by atoms with Gasteiger partial charge in [-0.1, -0.05) is 0 Å². The monoisotopic (exact) mass is 424 g/mol. The number of fused-ring (bicyclic) bond motifs is 1. The molecule has 0 radical (unpaired) electrons. The molecule has 2 N–H and O–H groups in total. The normalized spacial score (nSPS) is 15.2. The molecule has 31 heavy (non-hydrogen) atoms. The number of carbonyl (C=O) groups is 2. The van der Waals surface area contributed by atoms with Gasteiger partial charge in [0, 0.05) is 24.7 Å². The molecule has 162 valence electrons. The standard InChI is InChI=1S/C22H24N4O5/c1-13-7-10-31-19(13)21(28)23-15-5-8-26(9-6-15)12-18-24-17-11-14(22(29)30-2)3-4-16(17)20(27)25-18/h3-4,7,10-11,15H,5-6,8-9,12H2,1-2H3,(H,23,28)(H,24,25,27). The maximum Gasteiger partial charge on any atom is 0.337 e. The van der Waals surface area contributed by atoms with Gasteiger partial charge >= 0.3 is 5.97 Å². The highest BCUT2D eigenvalue weighted by molar-refractivity contribution is 5.94. The summed E-state index contributed by atoms with van der Waals surface area (Å²) in [6.45, 7) is 3.83. The smallest absolute Gasteiger partial charge is 0.337 e. The number of rotatable bonds is 5. The Bertz CT molecular complexity index is 1170. The van der Waals surface area contributed by atoms with Crippen LogP contribution in [0.4, 0.5) is 0 Å². The lowest BCUT2D eigenvalue weighted by molar-refractivity contribution is 0.0600. The molecule has 0 saturated carbocycles. The van der Waals surface area contributed by atoms with Crippen LogP contribution in [0, 0.1) is 6.92 Å². The second kappa shape index (κ2) is 8.73. The Labute approximate surface area is 178 Å². The number of methoxy groups -OCH3 is 1. The first-order valence-corrected chi connectivity index (χ1v) is 10.1. The second-order valence-electron chi connectivity index (χ2n) is 7.69. The van der Waals surface area contributed by atoms with Crippen LogP contribution in [0.2, 0.25) is 0 Å². The summed E-state index contributed by atoms with van der Waals surface area (Å²) in [5, 5.41) is 3.45. The zero-order valence-corrected chi connectivity index (χ0v) is 17.4. The number of likely N-dealkylation sites (tertiary alicyclic amines) is 1. The Hall–Kier alpha value is -3.46. The Morgan fingerprint density at radius 1 is 1.29 bits per heavy atom. The van der Waals surface area contributed by atoms with Gasteiger partial charge in [-0.05, 0) is 44.0 Å². The fourth-order valence-corrected chi connectivity index (χ4v) is 3.81. The van der Waals surface area contributed by atoms with Crippen molar-refractivity contribution in [1.82, 2.24) is 20.2 Å². The molecule has 1 aliphatic heterocycles. The van der Waals surface area contributed by atoms with E-state index in [9.17, 15) is 14.4 Å². The molecule has 4 rings (SSSR count). The van der Waals surface area contributed by atoms with Crippen LogP contribution in [-0.2, 0) is 11.3 Å². The molecule has 0 unspecified atom stereocenters. The maximum atomic E-state index is 12.4. The Morgan fingerprint density at radius 2 is 2.06 bits per heavy atom. The lowest BCUT2D eigenvalue weighted by atomic mass is 10.0. The number of benzene rings is 1. The minimum Gasteiger partial charge on any atom is -0.465 e. The summed E-state index contributed by atoms with van der Waals surface area (Å²) in [4.78, 5) is 46.0. The number of hydrogen-bond donors (Lipinski definition) is 2. The average molecular weight is 424 g/mol. The maximum absolute atomic E-state index is 12.4. The highest BCUT2D eigenvalue weighted by Gasteiger charge is 2.23. The fraction of sp³-hybridized carbons (Fsp3) is 0.364. The quantitative estimate of drug-likeness (QED) is 0.602. The van der Waals surface area contributed by atoms with Crippen LogP contribution in [0.1, 0.15) is 45.1 Å². The van der Waals surface area contributed by atoms with Crippen molar-refractivity contribution in [2.45, 2.75) is 32.4 Å². The van der Waals surface area contributed by atoms with E-state index in [0.717, 1.165) is 31.5 Å². The number of aromatic nitrogens is 2. The van der Waals surface area contributed by atoms with Crippen molar-refractivity contribution in [3.05, 3.63) is 63.6 Å². The van der Waals surface area contributed by atoms with Crippen LogP contribution >= 0.6 is 0 Å². The topological polar surface area (TPSA) is 118 Å². The van der Waals surface area contributed by atoms with E-state index in [0.29, 0.717) is 34.6 Å². The summed E-state index contributed by atoms with van der Waals surface area (Å²) in [7, 11) is 1.31. The molecule has 0 atom stereocenters. The van der Waals surface area contributed by atoms with Crippen LogP contribution < -0.4 is 10.9 Å². The molecule has 1 saturated heterocycles. The summed E-state index contributed by atoms with van der Waals surface area (Å²) < 4.78 is 9.99. The summed E-state index contributed by atoms with van der Waals surface area (Å²) in [6, 6.07) is 6.53. The Balaban J connectivity index is 1.40. The third-order valence-electron chi connectivity index (χ3n) is 5.54. The second-order valence-corrected chi connectivity index (χ2v) is 7.69. The van der Waals surface area contributed by atoms with Crippen LogP contribution in [0.5, 0.6) is 0 Å². The SMILES string of the molecule is COC(=O)c1ccc2c(=O)[nH]c(CN3CCC(NC(=O)c4occc4C)CC3)nc2c1. The van der Waals surface area contributed by atoms with Crippen molar-refractivity contribution < 1.29 is 18.7 Å². The van der Waals surface area contributed by atoms with Crippen LogP contribution in [0.15, 0.2) is 39.7 Å². The molecule has 1 aliphatic rings. The lowest BCUT2D eigenvalue weighted by Gasteiger charge is -2.31. The Morgan fingerprint density at radius 3 is 2.74 bits per heavy atom. The van der Waals surface area contributed by atoms with Gasteiger partial charge in [-0.25, -0.2) is 9.78 Å². The van der Waals surface area contributed by atoms with Crippen molar-refractivity contribution in [3.63, 3.8) is 0 Å². The third-order valence-corrected chi connectivity index (χ3v) is 5.54. The number of piperidine rings is 1. The number of aromatic amines is 1. The number of carbonyl (C=O) groups excluding carboxylic acids is 2. The third kappa shape index (κ3) is 4.51. The van der Waals surface area contributed by atoms with E-state index in [1.807, 2.05) is 6.92 Å². The number of esters is 1. The molecule has 3 aromatic rings. The van der Waals surface area contributed by atoms with Crippen molar-refractivity contribution >= 4 is 22.8 Å².